The van der Waals surface area contributed by atoms with Crippen molar-refractivity contribution in [2.24, 2.45) is 0 Å². The summed E-state index contributed by atoms with van der Waals surface area (Å²) in [5, 5.41) is 2.57. The number of hydrogen-bond donors (Lipinski definition) is 2. The highest BCUT2D eigenvalue weighted by atomic mass is 35.5. The molecule has 0 unspecified atom stereocenters. The summed E-state index contributed by atoms with van der Waals surface area (Å²) >= 11 is 6.12. The first kappa shape index (κ1) is 41.4. The van der Waals surface area contributed by atoms with E-state index in [1.807, 2.05) is 29.2 Å². The number of carbonyl (C=O) groups is 5. The van der Waals surface area contributed by atoms with Crippen LogP contribution in [0.3, 0.4) is 0 Å². The van der Waals surface area contributed by atoms with Crippen molar-refractivity contribution in [1.29, 1.82) is 0 Å². The number of likely N-dealkylation sites (tertiary alicyclic amines) is 2. The van der Waals surface area contributed by atoms with E-state index >= 15 is 0 Å². The van der Waals surface area contributed by atoms with Crippen molar-refractivity contribution in [3.8, 4) is 0 Å². The average Bonchev–Trinajstić information content (AvgIpc) is 3.64. The van der Waals surface area contributed by atoms with Crippen molar-refractivity contribution in [2.75, 3.05) is 74.9 Å². The highest BCUT2D eigenvalue weighted by molar-refractivity contribution is 6.33. The fourth-order valence-corrected chi connectivity index (χ4v) is 8.20. The average molecular weight is 840 g/mol. The molecule has 3 aromatic carbocycles. The van der Waals surface area contributed by atoms with Gasteiger partial charge in [0.25, 0.3) is 5.91 Å². The predicted molar refractivity (Wildman–Crippen MR) is 212 cm³/mol. The topological polar surface area (TPSA) is 158 Å². The number of nitrogens with zero attached hydrogens (tertiary/aromatic N) is 5. The number of esters is 1. The molecule has 4 heterocycles. The molecule has 5 amide bonds. The molecule has 0 bridgehead atoms. The Bertz CT molecular complexity index is 2070. The third-order valence-corrected chi connectivity index (χ3v) is 11.6. The van der Waals surface area contributed by atoms with Gasteiger partial charge in [-0.2, -0.15) is 13.2 Å². The molecule has 3 aromatic rings. The highest BCUT2D eigenvalue weighted by Crippen LogP contribution is 2.38. The molecule has 3 N–H and O–H groups in total. The van der Waals surface area contributed by atoms with Crippen LogP contribution in [-0.2, 0) is 38.2 Å². The molecule has 18 heteroatoms. The van der Waals surface area contributed by atoms with Crippen molar-refractivity contribution < 1.29 is 46.6 Å². The van der Waals surface area contributed by atoms with E-state index in [0.717, 1.165) is 29.4 Å². The number of amides is 5. The number of anilines is 3. The standard InChI is InChI=1S/C41H45ClF3N7O7/c42-32-23-26(22-31(36(32)46)41(43,44)45)24-34(59-40(57)51-14-11-30(12-15-51)52-25-28-4-1-2-5-33(28)47-39(52)56)37(54)50-18-16-48(17-19-50)29-9-7-27(8-10-29)38(55)58-21-20-49-13-3-6-35(49)53/h1-2,4-5,7-10,22-23,30,34H,3,6,11-21,24-25,46H2,(H,47,56)/t34-/m1/s1. The first-order chi connectivity index (χ1) is 28.2. The Balaban J connectivity index is 0.979. The number of halogens is 4. The molecular formula is C41H45ClF3N7O7. The summed E-state index contributed by atoms with van der Waals surface area (Å²) in [5.74, 6) is -1.03. The molecular weight excluding hydrogens is 795 g/mol. The fourth-order valence-electron chi connectivity index (χ4n) is 7.96. The number of nitrogens with two attached hydrogens (primary N) is 1. The number of benzene rings is 3. The third-order valence-electron chi connectivity index (χ3n) is 11.3. The summed E-state index contributed by atoms with van der Waals surface area (Å²) < 4.78 is 52.9. The van der Waals surface area contributed by atoms with E-state index in [0.29, 0.717) is 57.5 Å². The van der Waals surface area contributed by atoms with Crippen LogP contribution in [0.15, 0.2) is 60.7 Å². The lowest BCUT2D eigenvalue weighted by Crippen LogP contribution is -2.54. The van der Waals surface area contributed by atoms with Crippen LogP contribution in [0.25, 0.3) is 0 Å². The van der Waals surface area contributed by atoms with Crippen LogP contribution in [-0.4, -0.2) is 121 Å². The number of piperazine rings is 1. The zero-order valence-corrected chi connectivity index (χ0v) is 33.0. The van der Waals surface area contributed by atoms with Gasteiger partial charge in [0, 0.05) is 82.6 Å². The summed E-state index contributed by atoms with van der Waals surface area (Å²) in [6.07, 6.45) is -5.26. The number of alkyl halides is 3. The zero-order chi connectivity index (χ0) is 41.8. The van der Waals surface area contributed by atoms with Gasteiger partial charge in [-0.3, -0.25) is 9.59 Å². The number of para-hydroxylation sites is 1. The largest absolute Gasteiger partial charge is 0.460 e. The van der Waals surface area contributed by atoms with E-state index in [-0.39, 0.29) is 67.8 Å². The molecule has 0 aliphatic carbocycles. The molecule has 0 radical (unpaired) electrons. The number of piperidine rings is 1. The molecule has 0 saturated carbocycles. The summed E-state index contributed by atoms with van der Waals surface area (Å²) in [7, 11) is 0. The minimum Gasteiger partial charge on any atom is -0.460 e. The molecule has 59 heavy (non-hydrogen) atoms. The fraction of sp³-hybridized carbons (Fsp3) is 0.439. The van der Waals surface area contributed by atoms with Gasteiger partial charge in [-0.05, 0) is 72.9 Å². The predicted octanol–water partition coefficient (Wildman–Crippen LogP) is 5.63. The van der Waals surface area contributed by atoms with Gasteiger partial charge in [-0.25, -0.2) is 14.4 Å². The van der Waals surface area contributed by atoms with Gasteiger partial charge >= 0.3 is 24.3 Å². The van der Waals surface area contributed by atoms with Gasteiger partial charge in [-0.15, -0.1) is 0 Å². The van der Waals surface area contributed by atoms with Crippen LogP contribution in [0, 0.1) is 0 Å². The number of nitrogens with one attached hydrogen (secondary N) is 1. The number of fused-ring (bicyclic) bond motifs is 1. The van der Waals surface area contributed by atoms with E-state index in [9.17, 15) is 37.1 Å². The molecule has 7 rings (SSSR count). The van der Waals surface area contributed by atoms with E-state index in [4.69, 9.17) is 26.8 Å². The molecule has 14 nitrogen and oxygen atoms in total. The zero-order valence-electron chi connectivity index (χ0n) is 32.2. The minimum absolute atomic E-state index is 0.0135. The quantitative estimate of drug-likeness (QED) is 0.195. The van der Waals surface area contributed by atoms with Crippen molar-refractivity contribution in [2.45, 2.75) is 57.0 Å². The van der Waals surface area contributed by atoms with Gasteiger partial charge in [0.2, 0.25) is 5.91 Å². The Morgan fingerprint density at radius 2 is 1.63 bits per heavy atom. The van der Waals surface area contributed by atoms with Gasteiger partial charge < -0.3 is 45.0 Å². The second-order valence-electron chi connectivity index (χ2n) is 15.0. The smallest absolute Gasteiger partial charge is 0.418 e. The maximum absolute atomic E-state index is 14.1. The molecule has 3 fully saturated rings. The van der Waals surface area contributed by atoms with E-state index in [2.05, 4.69) is 5.32 Å². The summed E-state index contributed by atoms with van der Waals surface area (Å²) in [6, 6.07) is 16.0. The van der Waals surface area contributed by atoms with Crippen LogP contribution >= 0.6 is 11.6 Å². The van der Waals surface area contributed by atoms with Crippen LogP contribution in [0.4, 0.5) is 39.8 Å². The number of rotatable bonds is 10. The number of urea groups is 1. The Kier molecular flexibility index (Phi) is 12.4. The lowest BCUT2D eigenvalue weighted by Gasteiger charge is -2.40. The Hall–Kier alpha value is -5.71. The molecule has 4 aliphatic heterocycles. The van der Waals surface area contributed by atoms with Crippen molar-refractivity contribution >= 4 is 58.6 Å². The number of hydrogen-bond acceptors (Lipinski definition) is 9. The van der Waals surface area contributed by atoms with Crippen molar-refractivity contribution in [3.05, 3.63) is 87.9 Å². The molecule has 0 spiro atoms. The minimum atomic E-state index is -4.82. The lowest BCUT2D eigenvalue weighted by atomic mass is 10.0. The monoisotopic (exact) mass is 839 g/mol. The van der Waals surface area contributed by atoms with Crippen LogP contribution in [0.2, 0.25) is 5.02 Å². The molecule has 4 aliphatic rings. The van der Waals surface area contributed by atoms with Gasteiger partial charge in [0.1, 0.15) is 6.61 Å². The SMILES string of the molecule is Nc1c(Cl)cc(C[C@@H](OC(=O)N2CCC(N3Cc4ccccc4NC3=O)CC2)C(=O)N2CCN(c3ccc(C(=O)OCCN4CCCC4=O)cc3)CC2)cc1C(F)(F)F. The number of carbonyl (C=O) groups excluding carboxylic acids is 5. The lowest BCUT2D eigenvalue weighted by molar-refractivity contribution is -0.141. The van der Waals surface area contributed by atoms with E-state index < -0.39 is 41.5 Å². The Labute approximate surface area is 343 Å². The van der Waals surface area contributed by atoms with Crippen molar-refractivity contribution in [1.82, 2.24) is 19.6 Å². The maximum atomic E-state index is 14.1. The van der Waals surface area contributed by atoms with Crippen molar-refractivity contribution in [3.63, 3.8) is 0 Å². The first-order valence-electron chi connectivity index (χ1n) is 19.6. The Morgan fingerprint density at radius 1 is 0.915 bits per heavy atom. The highest BCUT2D eigenvalue weighted by Gasteiger charge is 2.38. The molecule has 314 valence electrons. The number of ether oxygens (including phenoxy) is 2. The Morgan fingerprint density at radius 3 is 2.31 bits per heavy atom. The van der Waals surface area contributed by atoms with Crippen LogP contribution in [0.5, 0.6) is 0 Å². The summed E-state index contributed by atoms with van der Waals surface area (Å²) in [6.45, 7) is 3.20. The van der Waals surface area contributed by atoms with Gasteiger partial charge in [0.15, 0.2) is 6.10 Å². The first-order valence-corrected chi connectivity index (χ1v) is 20.0. The number of nitrogen functional groups attached to an aromatic ring is 1. The third kappa shape index (κ3) is 9.61. The molecule has 0 aromatic heterocycles. The van der Waals surface area contributed by atoms with Gasteiger partial charge in [0.05, 0.1) is 28.4 Å². The van der Waals surface area contributed by atoms with Crippen LogP contribution in [0.1, 0.15) is 52.7 Å². The van der Waals surface area contributed by atoms with E-state index in [1.54, 1.807) is 34.1 Å². The molecule has 1 atom stereocenters. The molecule has 3 saturated heterocycles. The van der Waals surface area contributed by atoms with Gasteiger partial charge in [-0.1, -0.05) is 29.8 Å². The normalized spacial score (nSPS) is 18.1. The van der Waals surface area contributed by atoms with E-state index in [1.165, 1.54) is 15.9 Å². The maximum Gasteiger partial charge on any atom is 0.418 e. The summed E-state index contributed by atoms with van der Waals surface area (Å²) in [4.78, 5) is 73.4. The second kappa shape index (κ2) is 17.6. The second-order valence-corrected chi connectivity index (χ2v) is 15.4. The summed E-state index contributed by atoms with van der Waals surface area (Å²) in [5.41, 5.74) is 6.76. The van der Waals surface area contributed by atoms with Crippen LogP contribution < -0.4 is 16.0 Å².